The van der Waals surface area contributed by atoms with E-state index in [1.807, 2.05) is 31.2 Å². The van der Waals surface area contributed by atoms with Crippen molar-refractivity contribution in [3.8, 4) is 11.3 Å². The number of thioether (sulfide) groups is 1. The van der Waals surface area contributed by atoms with Crippen LogP contribution < -0.4 is 0 Å². The van der Waals surface area contributed by atoms with E-state index in [1.54, 1.807) is 36.4 Å². The summed E-state index contributed by atoms with van der Waals surface area (Å²) >= 11 is 12.9. The van der Waals surface area contributed by atoms with Gasteiger partial charge in [0.2, 0.25) is 0 Å². The van der Waals surface area contributed by atoms with Crippen molar-refractivity contribution in [3.63, 3.8) is 0 Å². The molecule has 2 amide bonds. The Bertz CT molecular complexity index is 1140. The molecule has 1 fully saturated rings. The Morgan fingerprint density at radius 2 is 1.72 bits per heavy atom. The predicted molar refractivity (Wildman–Crippen MR) is 117 cm³/mol. The molecule has 0 saturated carbocycles. The second-order valence-electron chi connectivity index (χ2n) is 6.56. The quantitative estimate of drug-likeness (QED) is 0.416. The van der Waals surface area contributed by atoms with Crippen molar-refractivity contribution in [1.82, 2.24) is 4.90 Å². The van der Waals surface area contributed by atoms with Crippen molar-refractivity contribution in [2.45, 2.75) is 13.5 Å². The Morgan fingerprint density at radius 1 is 1.00 bits per heavy atom. The van der Waals surface area contributed by atoms with Crippen LogP contribution in [0.15, 0.2) is 63.9 Å². The fraction of sp³-hybridized carbons (Fsp3) is 0.0909. The fourth-order valence-electron chi connectivity index (χ4n) is 2.97. The van der Waals surface area contributed by atoms with Crippen LogP contribution in [0.5, 0.6) is 0 Å². The molecule has 2 heterocycles. The maximum absolute atomic E-state index is 12.7. The van der Waals surface area contributed by atoms with Gasteiger partial charge in [-0.2, -0.15) is 0 Å². The molecule has 0 aliphatic carbocycles. The molecule has 3 aromatic rings. The van der Waals surface area contributed by atoms with Gasteiger partial charge in [-0.05, 0) is 66.2 Å². The smallest absolute Gasteiger partial charge is 0.293 e. The van der Waals surface area contributed by atoms with Crippen LogP contribution in [0.25, 0.3) is 17.4 Å². The highest BCUT2D eigenvalue weighted by molar-refractivity contribution is 8.18. The summed E-state index contributed by atoms with van der Waals surface area (Å²) in [6.07, 6.45) is 1.59. The number of carbonyl (C=O) groups is 2. The first-order valence-electron chi connectivity index (χ1n) is 8.77. The topological polar surface area (TPSA) is 50.5 Å². The molecule has 2 aromatic carbocycles. The zero-order valence-corrected chi connectivity index (χ0v) is 17.6. The SMILES string of the molecule is Cc1ccc(Cl)cc1-c1ccc(/C=C2/SC(=O)N(Cc3ccc(Cl)cc3)C2=O)o1. The van der Waals surface area contributed by atoms with Crippen LogP contribution in [0, 0.1) is 6.92 Å². The summed E-state index contributed by atoms with van der Waals surface area (Å²) in [7, 11) is 0. The first-order chi connectivity index (χ1) is 13.9. The van der Waals surface area contributed by atoms with Gasteiger partial charge in [0.05, 0.1) is 11.4 Å². The number of rotatable bonds is 4. The second-order valence-corrected chi connectivity index (χ2v) is 8.42. The third-order valence-electron chi connectivity index (χ3n) is 4.49. The third kappa shape index (κ3) is 4.27. The molecule has 1 aliphatic rings. The predicted octanol–water partition coefficient (Wildman–Crippen LogP) is 6.80. The third-order valence-corrected chi connectivity index (χ3v) is 5.89. The number of benzene rings is 2. The molecule has 0 unspecified atom stereocenters. The standard InChI is InChI=1S/C22H15Cl2NO3S/c1-13-2-5-16(24)10-18(13)19-9-8-17(28-19)11-20-21(26)25(22(27)29-20)12-14-3-6-15(23)7-4-14/h2-11H,12H2,1H3/b20-11+. The van der Waals surface area contributed by atoms with Gasteiger partial charge in [-0.3, -0.25) is 14.5 Å². The van der Waals surface area contributed by atoms with Crippen LogP contribution in [0.2, 0.25) is 10.0 Å². The number of nitrogens with zero attached hydrogens (tertiary/aromatic N) is 1. The summed E-state index contributed by atoms with van der Waals surface area (Å²) in [5, 5.41) is 0.909. The zero-order valence-electron chi connectivity index (χ0n) is 15.3. The lowest BCUT2D eigenvalue weighted by Crippen LogP contribution is -2.27. The number of hydrogen-bond acceptors (Lipinski definition) is 4. The van der Waals surface area contributed by atoms with Gasteiger partial charge in [-0.1, -0.05) is 41.4 Å². The minimum absolute atomic E-state index is 0.199. The van der Waals surface area contributed by atoms with E-state index >= 15 is 0 Å². The van der Waals surface area contributed by atoms with E-state index in [4.69, 9.17) is 27.6 Å². The number of hydrogen-bond donors (Lipinski definition) is 0. The van der Waals surface area contributed by atoms with Crippen LogP contribution in [0.3, 0.4) is 0 Å². The Kier molecular flexibility index (Phi) is 5.54. The van der Waals surface area contributed by atoms with E-state index < -0.39 is 0 Å². The molecule has 0 N–H and O–H groups in total. The van der Waals surface area contributed by atoms with Gasteiger partial charge in [0, 0.05) is 21.7 Å². The summed E-state index contributed by atoms with van der Waals surface area (Å²) in [5.74, 6) is 0.805. The zero-order chi connectivity index (χ0) is 20.5. The van der Waals surface area contributed by atoms with Crippen LogP contribution in [-0.2, 0) is 11.3 Å². The Labute approximate surface area is 182 Å². The normalized spacial score (nSPS) is 15.6. The van der Waals surface area contributed by atoms with Gasteiger partial charge in [-0.25, -0.2) is 0 Å². The molecule has 1 aromatic heterocycles. The van der Waals surface area contributed by atoms with Gasteiger partial charge in [0.15, 0.2) is 0 Å². The Hall–Kier alpha value is -2.47. The molecule has 0 radical (unpaired) electrons. The van der Waals surface area contributed by atoms with Crippen molar-refractivity contribution < 1.29 is 14.0 Å². The summed E-state index contributed by atoms with van der Waals surface area (Å²) < 4.78 is 5.87. The molecule has 7 heteroatoms. The van der Waals surface area contributed by atoms with E-state index in [0.29, 0.717) is 26.5 Å². The maximum atomic E-state index is 12.7. The monoisotopic (exact) mass is 443 g/mol. The van der Waals surface area contributed by atoms with Gasteiger partial charge >= 0.3 is 0 Å². The average molecular weight is 444 g/mol. The number of aryl methyl sites for hydroxylation is 1. The van der Waals surface area contributed by atoms with Gasteiger partial charge in [0.25, 0.3) is 11.1 Å². The van der Waals surface area contributed by atoms with Crippen molar-refractivity contribution in [3.05, 3.63) is 86.4 Å². The van der Waals surface area contributed by atoms with Crippen molar-refractivity contribution >= 4 is 52.2 Å². The lowest BCUT2D eigenvalue weighted by atomic mass is 10.1. The van der Waals surface area contributed by atoms with E-state index in [-0.39, 0.29) is 17.7 Å². The second kappa shape index (κ2) is 8.11. The van der Waals surface area contributed by atoms with Crippen molar-refractivity contribution in [2.75, 3.05) is 0 Å². The van der Waals surface area contributed by atoms with Gasteiger partial charge < -0.3 is 4.42 Å². The molecule has 0 spiro atoms. The van der Waals surface area contributed by atoms with Gasteiger partial charge in [-0.15, -0.1) is 0 Å². The number of imide groups is 1. The molecular formula is C22H15Cl2NO3S. The fourth-order valence-corrected chi connectivity index (χ4v) is 4.09. The van der Waals surface area contributed by atoms with Gasteiger partial charge in [0.1, 0.15) is 11.5 Å². The first kappa shape index (κ1) is 19.8. The largest absolute Gasteiger partial charge is 0.457 e. The van der Waals surface area contributed by atoms with E-state index in [0.717, 1.165) is 28.5 Å². The van der Waals surface area contributed by atoms with Crippen LogP contribution in [-0.4, -0.2) is 16.0 Å². The lowest BCUT2D eigenvalue weighted by molar-refractivity contribution is -0.123. The number of furan rings is 1. The Balaban J connectivity index is 1.55. The highest BCUT2D eigenvalue weighted by atomic mass is 35.5. The summed E-state index contributed by atoms with van der Waals surface area (Å²) in [4.78, 5) is 26.6. The molecule has 1 aliphatic heterocycles. The van der Waals surface area contributed by atoms with Crippen LogP contribution >= 0.6 is 35.0 Å². The molecule has 0 bridgehead atoms. The molecular weight excluding hydrogens is 429 g/mol. The number of carbonyl (C=O) groups excluding carboxylic acids is 2. The van der Waals surface area contributed by atoms with Crippen molar-refractivity contribution in [2.24, 2.45) is 0 Å². The highest BCUT2D eigenvalue weighted by Crippen LogP contribution is 2.35. The molecule has 29 heavy (non-hydrogen) atoms. The average Bonchev–Trinajstić information content (AvgIpc) is 3.26. The first-order valence-corrected chi connectivity index (χ1v) is 10.3. The van der Waals surface area contributed by atoms with Crippen LogP contribution in [0.4, 0.5) is 4.79 Å². The number of amides is 2. The lowest BCUT2D eigenvalue weighted by Gasteiger charge is -2.12. The van der Waals surface area contributed by atoms with E-state index in [2.05, 4.69) is 0 Å². The molecule has 0 atom stereocenters. The number of halogens is 2. The van der Waals surface area contributed by atoms with Crippen LogP contribution in [0.1, 0.15) is 16.9 Å². The molecule has 1 saturated heterocycles. The van der Waals surface area contributed by atoms with E-state index in [1.165, 1.54) is 4.90 Å². The minimum Gasteiger partial charge on any atom is -0.457 e. The summed E-state index contributed by atoms with van der Waals surface area (Å²) in [6, 6.07) is 16.2. The Morgan fingerprint density at radius 3 is 2.48 bits per heavy atom. The highest BCUT2D eigenvalue weighted by Gasteiger charge is 2.35. The van der Waals surface area contributed by atoms with Crippen molar-refractivity contribution in [1.29, 1.82) is 0 Å². The minimum atomic E-state index is -0.341. The van der Waals surface area contributed by atoms with E-state index in [9.17, 15) is 9.59 Å². The molecule has 146 valence electrons. The summed E-state index contributed by atoms with van der Waals surface area (Å²) in [6.45, 7) is 2.17. The summed E-state index contributed by atoms with van der Waals surface area (Å²) in [5.41, 5.74) is 2.74. The molecule has 4 nitrogen and oxygen atoms in total. The molecule has 4 rings (SSSR count). The maximum Gasteiger partial charge on any atom is 0.293 e.